The van der Waals surface area contributed by atoms with Gasteiger partial charge in [-0.15, -0.1) is 0 Å². The second-order valence-corrected chi connectivity index (χ2v) is 10.6. The van der Waals surface area contributed by atoms with Crippen molar-refractivity contribution in [2.45, 2.75) is 32.2 Å². The van der Waals surface area contributed by atoms with Gasteiger partial charge < -0.3 is 4.74 Å². The zero-order valence-corrected chi connectivity index (χ0v) is 22.7. The Hall–Kier alpha value is -4.71. The van der Waals surface area contributed by atoms with Crippen LogP contribution in [0.3, 0.4) is 0 Å². The first-order valence-corrected chi connectivity index (χ1v) is 13.4. The summed E-state index contributed by atoms with van der Waals surface area (Å²) in [6.45, 7) is 6.41. The Morgan fingerprint density at radius 2 is 1.74 bits per heavy atom. The number of rotatable bonds is 10. The third-order valence-electron chi connectivity index (χ3n) is 6.09. The molecule has 0 radical (unpaired) electrons. The van der Waals surface area contributed by atoms with Crippen molar-refractivity contribution >= 4 is 33.3 Å². The van der Waals surface area contributed by atoms with Crippen LogP contribution in [0.5, 0.6) is 5.75 Å². The van der Waals surface area contributed by atoms with Crippen LogP contribution in [-0.2, 0) is 16.6 Å². The number of anilines is 2. The Balaban J connectivity index is 1.52. The zero-order valence-electron chi connectivity index (χ0n) is 21.9. The Bertz CT molecular complexity index is 1630. The lowest BCUT2D eigenvalue weighted by atomic mass is 10.1. The first-order valence-electron chi connectivity index (χ1n) is 11.9. The van der Waals surface area contributed by atoms with Gasteiger partial charge in [-0.05, 0) is 62.7 Å². The van der Waals surface area contributed by atoms with Gasteiger partial charge in [0.05, 0.1) is 35.4 Å². The number of nitro groups is 1. The molecule has 2 N–H and O–H groups in total. The minimum atomic E-state index is -4.08. The van der Waals surface area contributed by atoms with Crippen LogP contribution < -0.4 is 14.9 Å². The molecule has 1 aromatic heterocycles. The van der Waals surface area contributed by atoms with Crippen molar-refractivity contribution in [2.75, 3.05) is 17.3 Å². The Morgan fingerprint density at radius 3 is 2.38 bits per heavy atom. The number of nitrogens with one attached hydrogen (secondary N) is 2. The number of nitrogens with zero attached hydrogens (tertiary/aromatic N) is 4. The molecule has 0 aliphatic rings. The molecule has 202 valence electrons. The van der Waals surface area contributed by atoms with E-state index in [4.69, 9.17) is 4.74 Å². The molecule has 0 saturated carbocycles. The summed E-state index contributed by atoms with van der Waals surface area (Å²) in [6, 6.07) is 18.0. The van der Waals surface area contributed by atoms with Gasteiger partial charge in [0.2, 0.25) is 0 Å². The van der Waals surface area contributed by atoms with Gasteiger partial charge in [0.1, 0.15) is 11.4 Å². The van der Waals surface area contributed by atoms with E-state index < -0.39 is 20.6 Å². The molecule has 39 heavy (non-hydrogen) atoms. The lowest BCUT2D eigenvalue weighted by Gasteiger charge is -2.10. The van der Waals surface area contributed by atoms with Crippen LogP contribution in [0.1, 0.15) is 28.1 Å². The highest BCUT2D eigenvalue weighted by molar-refractivity contribution is 7.92. The first-order chi connectivity index (χ1) is 18.6. The fourth-order valence-electron chi connectivity index (χ4n) is 3.88. The molecule has 0 bridgehead atoms. The van der Waals surface area contributed by atoms with Crippen LogP contribution in [0.2, 0.25) is 0 Å². The molecule has 4 aromatic rings. The number of methoxy groups -OCH3 is 1. The van der Waals surface area contributed by atoms with Crippen molar-refractivity contribution in [1.29, 1.82) is 0 Å². The van der Waals surface area contributed by atoms with Gasteiger partial charge in [-0.25, -0.2) is 8.42 Å². The Morgan fingerprint density at radius 1 is 1.05 bits per heavy atom. The predicted molar refractivity (Wildman–Crippen MR) is 150 cm³/mol. The quantitative estimate of drug-likeness (QED) is 0.161. The third kappa shape index (κ3) is 6.41. The average molecular weight is 549 g/mol. The minimum absolute atomic E-state index is 0.0435. The first kappa shape index (κ1) is 27.3. The van der Waals surface area contributed by atoms with Crippen molar-refractivity contribution in [2.24, 2.45) is 5.10 Å². The molecule has 0 atom stereocenters. The number of aryl methyl sites for hydroxylation is 2. The van der Waals surface area contributed by atoms with Gasteiger partial charge in [-0.2, -0.15) is 10.2 Å². The molecule has 0 spiro atoms. The van der Waals surface area contributed by atoms with Crippen LogP contribution in [0.15, 0.2) is 76.7 Å². The summed E-state index contributed by atoms with van der Waals surface area (Å²) in [6.07, 6.45) is 1.54. The molecule has 1 heterocycles. The summed E-state index contributed by atoms with van der Waals surface area (Å²) in [5, 5.41) is 20.5. The van der Waals surface area contributed by atoms with Gasteiger partial charge in [-0.3, -0.25) is 24.9 Å². The second kappa shape index (κ2) is 11.4. The van der Waals surface area contributed by atoms with Crippen molar-refractivity contribution in [3.8, 4) is 5.75 Å². The number of aromatic nitrogens is 2. The molecule has 4 rings (SSSR count). The zero-order chi connectivity index (χ0) is 28.2. The maximum Gasteiger partial charge on any atom is 0.295 e. The summed E-state index contributed by atoms with van der Waals surface area (Å²) in [5.74, 6) is 0.563. The predicted octanol–water partition coefficient (Wildman–Crippen LogP) is 5.02. The molecule has 12 heteroatoms. The highest BCUT2D eigenvalue weighted by atomic mass is 32.2. The number of hydrogen-bond donors (Lipinski definition) is 2. The van der Waals surface area contributed by atoms with Crippen LogP contribution in [0.25, 0.3) is 0 Å². The lowest BCUT2D eigenvalue weighted by molar-refractivity contribution is -0.384. The third-order valence-corrected chi connectivity index (χ3v) is 7.47. The maximum absolute atomic E-state index is 12.8. The number of ether oxygens (including phenoxy) is 1. The molecule has 0 amide bonds. The summed E-state index contributed by atoms with van der Waals surface area (Å²) in [7, 11) is -2.58. The topological polar surface area (TPSA) is 141 Å². The molecule has 0 aliphatic heterocycles. The van der Waals surface area contributed by atoms with E-state index in [0.29, 0.717) is 18.0 Å². The monoisotopic (exact) mass is 548 g/mol. The van der Waals surface area contributed by atoms with E-state index in [1.165, 1.54) is 36.9 Å². The molecular formula is C27H28N6O5S. The number of nitro benzene ring substituents is 1. The summed E-state index contributed by atoms with van der Waals surface area (Å²) < 4.78 is 35.0. The standard InChI is InChI=1S/C27H28N6O5S/c1-18-5-7-21(8-6-18)17-32-20(3)25(19(2)30-32)16-28-29-26-14-13-24(15-27(26)33(34)35)39(36,37)31-22-9-11-23(38-4)12-10-22/h5-16,29,31H,17H2,1-4H3/b28-16-. The average Bonchev–Trinajstić information content (AvgIpc) is 3.17. The largest absolute Gasteiger partial charge is 0.497 e. The van der Waals surface area contributed by atoms with Crippen molar-refractivity contribution < 1.29 is 18.1 Å². The van der Waals surface area contributed by atoms with Crippen molar-refractivity contribution in [1.82, 2.24) is 9.78 Å². The van der Waals surface area contributed by atoms with E-state index in [0.717, 1.165) is 28.6 Å². The van der Waals surface area contributed by atoms with E-state index in [-0.39, 0.29) is 10.6 Å². The fraction of sp³-hybridized carbons (Fsp3) is 0.185. The Kier molecular flexibility index (Phi) is 7.96. The lowest BCUT2D eigenvalue weighted by Crippen LogP contribution is -2.13. The van der Waals surface area contributed by atoms with Crippen LogP contribution >= 0.6 is 0 Å². The highest BCUT2D eigenvalue weighted by Crippen LogP contribution is 2.29. The minimum Gasteiger partial charge on any atom is -0.497 e. The van der Waals surface area contributed by atoms with Gasteiger partial charge in [0.25, 0.3) is 15.7 Å². The summed E-state index contributed by atoms with van der Waals surface area (Å²) in [4.78, 5) is 10.8. The van der Waals surface area contributed by atoms with Gasteiger partial charge in [-0.1, -0.05) is 29.8 Å². The molecule has 11 nitrogen and oxygen atoms in total. The number of benzene rings is 3. The van der Waals surface area contributed by atoms with Gasteiger partial charge in [0, 0.05) is 23.0 Å². The van der Waals surface area contributed by atoms with E-state index in [2.05, 4.69) is 32.5 Å². The van der Waals surface area contributed by atoms with Crippen molar-refractivity contribution in [3.05, 3.63) is 105 Å². The van der Waals surface area contributed by atoms with Gasteiger partial charge in [0.15, 0.2) is 0 Å². The van der Waals surface area contributed by atoms with E-state index in [1.54, 1.807) is 18.3 Å². The molecular weight excluding hydrogens is 520 g/mol. The summed E-state index contributed by atoms with van der Waals surface area (Å²) >= 11 is 0. The number of hydrogen-bond acceptors (Lipinski definition) is 8. The second-order valence-electron chi connectivity index (χ2n) is 8.87. The van der Waals surface area contributed by atoms with E-state index in [9.17, 15) is 18.5 Å². The smallest absolute Gasteiger partial charge is 0.295 e. The molecule has 0 aliphatic carbocycles. The molecule has 3 aromatic carbocycles. The van der Waals surface area contributed by atoms with Gasteiger partial charge >= 0.3 is 0 Å². The van der Waals surface area contributed by atoms with Crippen LogP contribution in [0, 0.1) is 30.9 Å². The number of hydrazone groups is 1. The SMILES string of the molecule is COc1ccc(NS(=O)(=O)c2ccc(N/N=C\c3c(C)nn(Cc4ccc(C)cc4)c3C)c([N+](=O)[O-])c2)cc1. The normalized spacial score (nSPS) is 11.5. The number of sulfonamides is 1. The van der Waals surface area contributed by atoms with Crippen LogP contribution in [-0.4, -0.2) is 36.4 Å². The highest BCUT2D eigenvalue weighted by Gasteiger charge is 2.22. The van der Waals surface area contributed by atoms with E-state index >= 15 is 0 Å². The molecule has 0 fully saturated rings. The Labute approximate surface area is 226 Å². The van der Waals surface area contributed by atoms with Crippen molar-refractivity contribution in [3.63, 3.8) is 0 Å². The molecule has 0 saturated heterocycles. The van der Waals surface area contributed by atoms with E-state index in [1.807, 2.05) is 37.6 Å². The maximum atomic E-state index is 12.8. The molecule has 0 unspecified atom stereocenters. The summed E-state index contributed by atoms with van der Waals surface area (Å²) in [5.41, 5.74) is 7.28. The fourth-order valence-corrected chi connectivity index (χ4v) is 4.96. The van der Waals surface area contributed by atoms with Crippen LogP contribution in [0.4, 0.5) is 17.1 Å².